The number of hydrogen-bond acceptors (Lipinski definition) is 4. The molecule has 140 valence electrons. The number of methoxy groups -OCH3 is 1. The Morgan fingerprint density at radius 3 is 2.58 bits per heavy atom. The lowest BCUT2D eigenvalue weighted by Gasteiger charge is -2.59. The Morgan fingerprint density at radius 1 is 1.29 bits per heavy atom. The van der Waals surface area contributed by atoms with Crippen LogP contribution in [0, 0.1) is 5.41 Å². The molecule has 0 amide bonds. The predicted molar refractivity (Wildman–Crippen MR) is 98.6 cm³/mol. The highest BCUT2D eigenvalue weighted by Crippen LogP contribution is 2.51. The van der Waals surface area contributed by atoms with Gasteiger partial charge in [-0.3, -0.25) is 9.89 Å². The maximum Gasteiger partial charge on any atom is 0.191 e. The summed E-state index contributed by atoms with van der Waals surface area (Å²) in [6.45, 7) is 15.5. The number of guanidine groups is 1. The molecule has 2 unspecified atom stereocenters. The quantitative estimate of drug-likeness (QED) is 0.417. The van der Waals surface area contributed by atoms with Crippen LogP contribution in [0.5, 0.6) is 0 Å². The van der Waals surface area contributed by atoms with Gasteiger partial charge in [0.25, 0.3) is 0 Å². The average molecular weight is 341 g/mol. The maximum atomic E-state index is 5.71. The Labute approximate surface area is 147 Å². The molecule has 0 aromatic heterocycles. The lowest BCUT2D eigenvalue weighted by molar-refractivity contribution is -0.176. The van der Waals surface area contributed by atoms with E-state index in [1.165, 1.54) is 0 Å². The fourth-order valence-electron chi connectivity index (χ4n) is 3.52. The molecule has 0 radical (unpaired) electrons. The van der Waals surface area contributed by atoms with Crippen molar-refractivity contribution in [2.75, 3.05) is 53.0 Å². The highest BCUT2D eigenvalue weighted by Gasteiger charge is 2.58. The zero-order chi connectivity index (χ0) is 17.6. The molecule has 2 atom stereocenters. The molecule has 2 rings (SSSR count). The summed E-state index contributed by atoms with van der Waals surface area (Å²) in [5, 5.41) is 6.97. The van der Waals surface area contributed by atoms with Gasteiger partial charge in [0.05, 0.1) is 18.8 Å². The van der Waals surface area contributed by atoms with Crippen LogP contribution in [0.15, 0.2) is 4.99 Å². The Kier molecular flexibility index (Phi) is 6.89. The van der Waals surface area contributed by atoms with Crippen LogP contribution in [0.1, 0.15) is 40.5 Å². The van der Waals surface area contributed by atoms with E-state index in [9.17, 15) is 0 Å². The molecule has 1 saturated carbocycles. The van der Waals surface area contributed by atoms with Crippen molar-refractivity contribution in [1.29, 1.82) is 0 Å². The van der Waals surface area contributed by atoms with Crippen molar-refractivity contribution in [3.8, 4) is 0 Å². The number of hydrogen-bond donors (Lipinski definition) is 2. The highest BCUT2D eigenvalue weighted by molar-refractivity contribution is 5.80. The van der Waals surface area contributed by atoms with Crippen molar-refractivity contribution in [1.82, 2.24) is 15.5 Å². The monoisotopic (exact) mass is 340 g/mol. The molecule has 24 heavy (non-hydrogen) atoms. The minimum Gasteiger partial charge on any atom is -0.379 e. The number of ether oxygens (including phenoxy) is 2. The van der Waals surface area contributed by atoms with E-state index in [1.807, 2.05) is 7.11 Å². The SMILES string of the molecule is CCNC(=NCCCN1CCOCC1)NC1CC(C)(OC)C1(C)C. The summed E-state index contributed by atoms with van der Waals surface area (Å²) in [7, 11) is 1.81. The fraction of sp³-hybridized carbons (Fsp3) is 0.944. The lowest BCUT2D eigenvalue weighted by Crippen LogP contribution is -2.69. The molecular formula is C18H36N4O2. The Morgan fingerprint density at radius 2 is 2.00 bits per heavy atom. The van der Waals surface area contributed by atoms with Crippen LogP contribution in [0.2, 0.25) is 0 Å². The van der Waals surface area contributed by atoms with Crippen molar-refractivity contribution >= 4 is 5.96 Å². The van der Waals surface area contributed by atoms with Crippen LogP contribution in [0.4, 0.5) is 0 Å². The number of nitrogens with one attached hydrogen (secondary N) is 2. The van der Waals surface area contributed by atoms with Crippen molar-refractivity contribution in [2.45, 2.75) is 52.2 Å². The van der Waals surface area contributed by atoms with Gasteiger partial charge in [0.15, 0.2) is 5.96 Å². The van der Waals surface area contributed by atoms with Gasteiger partial charge in [-0.25, -0.2) is 0 Å². The van der Waals surface area contributed by atoms with E-state index in [4.69, 9.17) is 14.5 Å². The first kappa shape index (κ1) is 19.5. The van der Waals surface area contributed by atoms with E-state index in [0.29, 0.717) is 6.04 Å². The molecular weight excluding hydrogens is 304 g/mol. The highest BCUT2D eigenvalue weighted by atomic mass is 16.5. The van der Waals surface area contributed by atoms with Gasteiger partial charge in [-0.1, -0.05) is 13.8 Å². The van der Waals surface area contributed by atoms with Crippen molar-refractivity contribution < 1.29 is 9.47 Å². The van der Waals surface area contributed by atoms with Gasteiger partial charge in [0, 0.05) is 51.3 Å². The van der Waals surface area contributed by atoms with Crippen LogP contribution in [-0.4, -0.2) is 75.5 Å². The third kappa shape index (κ3) is 4.41. The van der Waals surface area contributed by atoms with Gasteiger partial charge in [0.2, 0.25) is 0 Å². The third-order valence-electron chi connectivity index (χ3n) is 5.94. The van der Waals surface area contributed by atoms with E-state index >= 15 is 0 Å². The second kappa shape index (κ2) is 8.50. The van der Waals surface area contributed by atoms with E-state index in [1.54, 1.807) is 0 Å². The van der Waals surface area contributed by atoms with Gasteiger partial charge < -0.3 is 20.1 Å². The Hall–Kier alpha value is -0.850. The predicted octanol–water partition coefficient (Wildman–Crippen LogP) is 1.47. The topological polar surface area (TPSA) is 58.1 Å². The molecule has 0 spiro atoms. The van der Waals surface area contributed by atoms with Crippen LogP contribution < -0.4 is 10.6 Å². The molecule has 0 bridgehead atoms. The van der Waals surface area contributed by atoms with Gasteiger partial charge in [-0.05, 0) is 26.7 Å². The second-order valence-electron chi connectivity index (χ2n) is 7.63. The summed E-state index contributed by atoms with van der Waals surface area (Å²) in [6.07, 6.45) is 2.09. The van der Waals surface area contributed by atoms with Gasteiger partial charge in [-0.15, -0.1) is 0 Å². The zero-order valence-electron chi connectivity index (χ0n) is 16.2. The molecule has 6 nitrogen and oxygen atoms in total. The van der Waals surface area contributed by atoms with E-state index in [0.717, 1.165) is 64.7 Å². The summed E-state index contributed by atoms with van der Waals surface area (Å²) in [6, 6.07) is 0.388. The summed E-state index contributed by atoms with van der Waals surface area (Å²) < 4.78 is 11.1. The minimum absolute atomic E-state index is 0.0572. The number of rotatable bonds is 7. The maximum absolute atomic E-state index is 5.71. The first-order valence-corrected chi connectivity index (χ1v) is 9.33. The second-order valence-corrected chi connectivity index (χ2v) is 7.63. The molecule has 1 saturated heterocycles. The van der Waals surface area contributed by atoms with Crippen molar-refractivity contribution in [3.05, 3.63) is 0 Å². The van der Waals surface area contributed by atoms with Crippen LogP contribution in [-0.2, 0) is 9.47 Å². The number of nitrogens with zero attached hydrogens (tertiary/aromatic N) is 2. The van der Waals surface area contributed by atoms with E-state index in [2.05, 4.69) is 43.2 Å². The summed E-state index contributed by atoms with van der Waals surface area (Å²) in [5.74, 6) is 0.927. The number of aliphatic imine (C=N–C) groups is 1. The van der Waals surface area contributed by atoms with Gasteiger partial charge >= 0.3 is 0 Å². The van der Waals surface area contributed by atoms with Gasteiger partial charge in [-0.2, -0.15) is 0 Å². The summed E-state index contributed by atoms with van der Waals surface area (Å²) >= 11 is 0. The molecule has 1 aliphatic heterocycles. The lowest BCUT2D eigenvalue weighted by atomic mass is 9.56. The Balaban J connectivity index is 1.78. The van der Waals surface area contributed by atoms with E-state index < -0.39 is 0 Å². The van der Waals surface area contributed by atoms with Crippen LogP contribution in [0.3, 0.4) is 0 Å². The smallest absolute Gasteiger partial charge is 0.191 e. The Bertz CT molecular complexity index is 421. The molecule has 2 fully saturated rings. The fourth-order valence-corrected chi connectivity index (χ4v) is 3.52. The average Bonchev–Trinajstić information content (AvgIpc) is 2.58. The molecule has 2 N–H and O–H groups in total. The molecule has 2 aliphatic rings. The standard InChI is InChI=1S/C18H36N4O2/c1-6-19-16(20-8-7-9-22-10-12-24-13-11-22)21-15-14-18(4,23-5)17(15,2)3/h15H,6-14H2,1-5H3,(H2,19,20,21). The zero-order valence-corrected chi connectivity index (χ0v) is 16.2. The van der Waals surface area contributed by atoms with Crippen molar-refractivity contribution in [3.63, 3.8) is 0 Å². The van der Waals surface area contributed by atoms with Crippen LogP contribution >= 0.6 is 0 Å². The first-order chi connectivity index (χ1) is 11.4. The largest absolute Gasteiger partial charge is 0.379 e. The normalized spacial score (nSPS) is 30.7. The van der Waals surface area contributed by atoms with Crippen molar-refractivity contribution in [2.24, 2.45) is 10.4 Å². The first-order valence-electron chi connectivity index (χ1n) is 9.33. The molecule has 1 aliphatic carbocycles. The minimum atomic E-state index is -0.0572. The molecule has 0 aromatic rings. The third-order valence-corrected chi connectivity index (χ3v) is 5.94. The molecule has 6 heteroatoms. The van der Waals surface area contributed by atoms with E-state index in [-0.39, 0.29) is 11.0 Å². The summed E-state index contributed by atoms with van der Waals surface area (Å²) in [4.78, 5) is 7.21. The van der Waals surface area contributed by atoms with Gasteiger partial charge in [0.1, 0.15) is 0 Å². The summed E-state index contributed by atoms with van der Waals surface area (Å²) in [5.41, 5.74) is 0.0318. The molecule has 1 heterocycles. The molecule has 0 aromatic carbocycles. The van der Waals surface area contributed by atoms with Crippen LogP contribution in [0.25, 0.3) is 0 Å². The number of morpholine rings is 1.